The number of benzene rings is 2. The number of carbonyl (C=O) groups is 3. The smallest absolute Gasteiger partial charge is 0.337 e. The first-order valence-electron chi connectivity index (χ1n) is 8.09. The Morgan fingerprint density at radius 2 is 1.64 bits per heavy atom. The molecule has 0 atom stereocenters. The fourth-order valence-electron chi connectivity index (χ4n) is 2.56. The molecule has 2 aromatic rings. The quantitative estimate of drug-likeness (QED) is 0.430. The highest BCUT2D eigenvalue weighted by Crippen LogP contribution is 2.36. The van der Waals surface area contributed by atoms with Gasteiger partial charge in [0.05, 0.1) is 35.9 Å². The minimum atomic E-state index is -0.492. The molecular weight excluding hydrogens is 398 g/mol. The summed E-state index contributed by atoms with van der Waals surface area (Å²) in [5.74, 6) is -1.20. The largest absolute Gasteiger partial charge is 0.465 e. The molecule has 1 saturated heterocycles. The van der Waals surface area contributed by atoms with Crippen LogP contribution >= 0.6 is 24.0 Å². The molecule has 0 spiro atoms. The zero-order valence-corrected chi connectivity index (χ0v) is 16.6. The van der Waals surface area contributed by atoms with Crippen LogP contribution in [0.3, 0.4) is 0 Å². The molecule has 142 valence electrons. The van der Waals surface area contributed by atoms with Crippen LogP contribution in [0.5, 0.6) is 0 Å². The minimum absolute atomic E-state index is 0.283. The molecule has 0 saturated carbocycles. The Bertz CT molecular complexity index is 998. The second-order valence-electron chi connectivity index (χ2n) is 5.67. The molecule has 1 heterocycles. The highest BCUT2D eigenvalue weighted by molar-refractivity contribution is 8.27. The summed E-state index contributed by atoms with van der Waals surface area (Å²) in [6, 6.07) is 13.2. The van der Waals surface area contributed by atoms with Gasteiger partial charge in [-0.1, -0.05) is 42.2 Å². The molecule has 0 aliphatic carbocycles. The van der Waals surface area contributed by atoms with Gasteiger partial charge in [0.15, 0.2) is 4.32 Å². The van der Waals surface area contributed by atoms with Crippen molar-refractivity contribution in [2.24, 2.45) is 0 Å². The SMILES string of the molecule is COC(=O)c1ccc(/C=C2\SC(=S)N(c3cccc(C(=O)OC)c3)C2=O)cc1. The van der Waals surface area contributed by atoms with Gasteiger partial charge < -0.3 is 9.47 Å². The number of hydrogen-bond acceptors (Lipinski definition) is 7. The Morgan fingerprint density at radius 1 is 1.00 bits per heavy atom. The molecule has 0 radical (unpaired) electrons. The molecule has 0 unspecified atom stereocenters. The van der Waals surface area contributed by atoms with Crippen LogP contribution in [0.15, 0.2) is 53.4 Å². The number of hydrogen-bond donors (Lipinski definition) is 0. The van der Waals surface area contributed by atoms with Crippen LogP contribution in [0.4, 0.5) is 5.69 Å². The van der Waals surface area contributed by atoms with E-state index in [0.29, 0.717) is 26.0 Å². The third kappa shape index (κ3) is 3.97. The highest BCUT2D eigenvalue weighted by Gasteiger charge is 2.33. The van der Waals surface area contributed by atoms with Gasteiger partial charge in [-0.2, -0.15) is 0 Å². The Labute approximate surface area is 171 Å². The van der Waals surface area contributed by atoms with Gasteiger partial charge in [0.25, 0.3) is 5.91 Å². The Morgan fingerprint density at radius 3 is 2.29 bits per heavy atom. The fourth-order valence-corrected chi connectivity index (χ4v) is 3.86. The number of thiocarbonyl (C=S) groups is 1. The second kappa shape index (κ2) is 8.37. The lowest BCUT2D eigenvalue weighted by atomic mass is 10.1. The molecular formula is C20H15NO5S2. The molecule has 1 aliphatic heterocycles. The number of esters is 2. The Hall–Kier alpha value is -2.97. The summed E-state index contributed by atoms with van der Waals surface area (Å²) < 4.78 is 9.75. The van der Waals surface area contributed by atoms with E-state index in [1.807, 2.05) is 0 Å². The second-order valence-corrected chi connectivity index (χ2v) is 7.35. The number of ether oxygens (including phenoxy) is 2. The number of amides is 1. The number of anilines is 1. The predicted octanol–water partition coefficient (Wildman–Crippen LogP) is 3.67. The van der Waals surface area contributed by atoms with Crippen LogP contribution < -0.4 is 4.90 Å². The lowest BCUT2D eigenvalue weighted by Gasteiger charge is -2.15. The molecule has 1 amide bonds. The van der Waals surface area contributed by atoms with E-state index in [2.05, 4.69) is 4.74 Å². The van der Waals surface area contributed by atoms with E-state index in [1.54, 1.807) is 54.6 Å². The molecule has 8 heteroatoms. The van der Waals surface area contributed by atoms with Gasteiger partial charge in [0, 0.05) is 0 Å². The van der Waals surface area contributed by atoms with Gasteiger partial charge >= 0.3 is 11.9 Å². The number of carbonyl (C=O) groups excluding carboxylic acids is 3. The summed E-state index contributed by atoms with van der Waals surface area (Å²) in [7, 11) is 2.61. The maximum atomic E-state index is 12.9. The summed E-state index contributed by atoms with van der Waals surface area (Å²) in [6.45, 7) is 0. The van der Waals surface area contributed by atoms with Crippen LogP contribution in [-0.2, 0) is 14.3 Å². The molecule has 1 fully saturated rings. The van der Waals surface area contributed by atoms with Gasteiger partial charge in [-0.25, -0.2) is 9.59 Å². The molecule has 0 N–H and O–H groups in total. The lowest BCUT2D eigenvalue weighted by Crippen LogP contribution is -2.27. The molecule has 2 aromatic carbocycles. The van der Waals surface area contributed by atoms with Crippen molar-refractivity contribution in [2.45, 2.75) is 0 Å². The van der Waals surface area contributed by atoms with Gasteiger partial charge in [-0.15, -0.1) is 0 Å². The monoisotopic (exact) mass is 413 g/mol. The third-order valence-electron chi connectivity index (χ3n) is 3.95. The van der Waals surface area contributed by atoms with Crippen molar-refractivity contribution in [3.8, 4) is 0 Å². The number of rotatable bonds is 4. The van der Waals surface area contributed by atoms with Crippen molar-refractivity contribution in [1.29, 1.82) is 0 Å². The summed E-state index contributed by atoms with van der Waals surface area (Å²) in [6.07, 6.45) is 1.70. The minimum Gasteiger partial charge on any atom is -0.465 e. The first kappa shape index (κ1) is 19.8. The highest BCUT2D eigenvalue weighted by atomic mass is 32.2. The van der Waals surface area contributed by atoms with Crippen LogP contribution in [0.1, 0.15) is 26.3 Å². The maximum Gasteiger partial charge on any atom is 0.337 e. The summed E-state index contributed by atoms with van der Waals surface area (Å²) in [5, 5.41) is 0. The number of methoxy groups -OCH3 is 2. The van der Waals surface area contributed by atoms with Crippen LogP contribution in [-0.4, -0.2) is 36.4 Å². The van der Waals surface area contributed by atoms with Crippen molar-refractivity contribution < 1.29 is 23.9 Å². The topological polar surface area (TPSA) is 72.9 Å². The lowest BCUT2D eigenvalue weighted by molar-refractivity contribution is -0.113. The Kier molecular flexibility index (Phi) is 5.91. The van der Waals surface area contributed by atoms with Crippen molar-refractivity contribution in [1.82, 2.24) is 0 Å². The Balaban J connectivity index is 1.86. The van der Waals surface area contributed by atoms with Gasteiger partial charge in [-0.05, 0) is 42.0 Å². The summed E-state index contributed by atoms with van der Waals surface area (Å²) >= 11 is 6.52. The molecule has 0 bridgehead atoms. The number of nitrogens with zero attached hydrogens (tertiary/aromatic N) is 1. The van der Waals surface area contributed by atoms with Crippen LogP contribution in [0.2, 0.25) is 0 Å². The molecule has 28 heavy (non-hydrogen) atoms. The van der Waals surface area contributed by atoms with Crippen LogP contribution in [0, 0.1) is 0 Å². The average Bonchev–Trinajstić information content (AvgIpc) is 3.00. The third-order valence-corrected chi connectivity index (χ3v) is 5.25. The van der Waals surface area contributed by atoms with E-state index in [0.717, 1.165) is 5.56 Å². The van der Waals surface area contributed by atoms with E-state index in [4.69, 9.17) is 17.0 Å². The average molecular weight is 413 g/mol. The summed E-state index contributed by atoms with van der Waals surface area (Å²) in [5.41, 5.74) is 1.99. The van der Waals surface area contributed by atoms with Crippen molar-refractivity contribution in [3.05, 3.63) is 70.1 Å². The molecule has 6 nitrogen and oxygen atoms in total. The predicted molar refractivity (Wildman–Crippen MR) is 111 cm³/mol. The zero-order chi connectivity index (χ0) is 20.3. The normalized spacial score (nSPS) is 15.1. The van der Waals surface area contributed by atoms with E-state index in [1.165, 1.54) is 30.9 Å². The van der Waals surface area contributed by atoms with Gasteiger partial charge in [0.2, 0.25) is 0 Å². The van der Waals surface area contributed by atoms with Crippen molar-refractivity contribution in [2.75, 3.05) is 19.1 Å². The van der Waals surface area contributed by atoms with E-state index >= 15 is 0 Å². The molecule has 0 aromatic heterocycles. The maximum absolute atomic E-state index is 12.9. The first-order valence-corrected chi connectivity index (χ1v) is 9.32. The van der Waals surface area contributed by atoms with Crippen molar-refractivity contribution in [3.63, 3.8) is 0 Å². The van der Waals surface area contributed by atoms with E-state index < -0.39 is 11.9 Å². The fraction of sp³-hybridized carbons (Fsp3) is 0.100. The zero-order valence-electron chi connectivity index (χ0n) is 15.0. The first-order chi connectivity index (χ1) is 13.4. The van der Waals surface area contributed by atoms with Gasteiger partial charge in [-0.3, -0.25) is 9.69 Å². The van der Waals surface area contributed by atoms with Gasteiger partial charge in [0.1, 0.15) is 0 Å². The van der Waals surface area contributed by atoms with E-state index in [9.17, 15) is 14.4 Å². The molecule has 3 rings (SSSR count). The molecule has 1 aliphatic rings. The van der Waals surface area contributed by atoms with Crippen molar-refractivity contribution >= 4 is 57.9 Å². The van der Waals surface area contributed by atoms with Crippen LogP contribution in [0.25, 0.3) is 6.08 Å². The summed E-state index contributed by atoms with van der Waals surface area (Å²) in [4.78, 5) is 37.9. The standard InChI is InChI=1S/C20H15NO5S2/c1-25-18(23)13-8-6-12(7-9-13)10-16-17(22)21(20(27)28-16)15-5-3-4-14(11-15)19(24)26-2/h3-11H,1-2H3/b16-10-. The number of thioether (sulfide) groups is 1. The van der Waals surface area contributed by atoms with E-state index in [-0.39, 0.29) is 5.91 Å².